The molecule has 2 aromatic rings. The molecule has 0 radical (unpaired) electrons. The molecule has 1 unspecified atom stereocenters. The lowest BCUT2D eigenvalue weighted by molar-refractivity contribution is -0.120. The summed E-state index contributed by atoms with van der Waals surface area (Å²) in [4.78, 5) is 15.6. The molecule has 4 N–H and O–H groups in total. The van der Waals surface area contributed by atoms with E-state index in [0.717, 1.165) is 5.56 Å². The van der Waals surface area contributed by atoms with Crippen LogP contribution in [0.2, 0.25) is 0 Å². The first-order chi connectivity index (χ1) is 10.1. The number of hydrogen-bond acceptors (Lipinski definition) is 2. The van der Waals surface area contributed by atoms with Crippen LogP contribution in [0.3, 0.4) is 0 Å². The third-order valence-electron chi connectivity index (χ3n) is 3.52. The highest BCUT2D eigenvalue weighted by molar-refractivity contribution is 7.08. The van der Waals surface area contributed by atoms with Gasteiger partial charge in [-0.3, -0.25) is 4.79 Å². The van der Waals surface area contributed by atoms with Crippen molar-refractivity contribution >= 4 is 29.3 Å². The van der Waals surface area contributed by atoms with Crippen LogP contribution in [0.25, 0.3) is 17.2 Å². The lowest BCUT2D eigenvalue weighted by Gasteiger charge is -2.19. The van der Waals surface area contributed by atoms with Crippen LogP contribution in [0.4, 0.5) is 0 Å². The summed E-state index contributed by atoms with van der Waals surface area (Å²) in [5.41, 5.74) is 15.2. The van der Waals surface area contributed by atoms with Crippen LogP contribution in [-0.4, -0.2) is 11.9 Å². The Morgan fingerprint density at radius 1 is 1.29 bits per heavy atom. The van der Waals surface area contributed by atoms with E-state index in [0.29, 0.717) is 6.42 Å². The van der Waals surface area contributed by atoms with E-state index >= 15 is 0 Å². The van der Waals surface area contributed by atoms with E-state index in [4.69, 9.17) is 11.5 Å². The van der Waals surface area contributed by atoms with Crippen molar-refractivity contribution in [2.45, 2.75) is 6.42 Å². The van der Waals surface area contributed by atoms with Crippen molar-refractivity contribution in [1.29, 1.82) is 0 Å². The second-order valence-electron chi connectivity index (χ2n) is 4.94. The summed E-state index contributed by atoms with van der Waals surface area (Å²) in [6.07, 6.45) is 4.50. The second kappa shape index (κ2) is 5.54. The monoisotopic (exact) mass is 297 g/mol. The number of nitrogens with zero attached hydrogens (tertiary/aromatic N) is 1. The van der Waals surface area contributed by atoms with Crippen molar-refractivity contribution in [2.24, 2.45) is 22.4 Å². The highest BCUT2D eigenvalue weighted by Gasteiger charge is 2.22. The first kappa shape index (κ1) is 13.6. The molecule has 3 rings (SSSR count). The highest BCUT2D eigenvalue weighted by atomic mass is 32.1. The smallest absolute Gasteiger partial charge is 0.256 e. The number of hydrogen-bond donors (Lipinski definition) is 2. The van der Waals surface area contributed by atoms with Gasteiger partial charge in [-0.25, -0.2) is 0 Å². The van der Waals surface area contributed by atoms with Crippen molar-refractivity contribution < 1.29 is 4.79 Å². The molecule has 0 fully saturated rings. The summed E-state index contributed by atoms with van der Waals surface area (Å²) in [5.74, 6) is -0.776. The van der Waals surface area contributed by atoms with Crippen LogP contribution in [-0.2, 0) is 11.2 Å². The Balaban J connectivity index is 1.95. The molecular formula is C16H15N3OS. The zero-order valence-electron chi connectivity index (χ0n) is 11.3. The number of carbonyl (C=O) groups is 1. The standard InChI is InChI=1S/C16H15N3OS/c17-16(18)19-15(20)11-4-5-14-10(8-11)2-1-3-13(14)12-6-7-21-9-12/h1-7,9,11H,8H2,(H4,17,18,19,20). The number of rotatable bonds is 2. The van der Waals surface area contributed by atoms with E-state index in [9.17, 15) is 4.79 Å². The molecule has 21 heavy (non-hydrogen) atoms. The van der Waals surface area contributed by atoms with Gasteiger partial charge in [-0.05, 0) is 45.5 Å². The van der Waals surface area contributed by atoms with Gasteiger partial charge in [0.05, 0.1) is 5.92 Å². The Kier molecular flexibility index (Phi) is 3.58. The topological polar surface area (TPSA) is 81.5 Å². The van der Waals surface area contributed by atoms with Gasteiger partial charge in [-0.15, -0.1) is 0 Å². The van der Waals surface area contributed by atoms with E-state index in [1.54, 1.807) is 11.3 Å². The Morgan fingerprint density at radius 3 is 2.86 bits per heavy atom. The molecule has 1 aromatic heterocycles. The Bertz CT molecular complexity index is 728. The van der Waals surface area contributed by atoms with E-state index in [-0.39, 0.29) is 17.8 Å². The maximum absolute atomic E-state index is 11.9. The van der Waals surface area contributed by atoms with Crippen LogP contribution < -0.4 is 11.5 Å². The Labute approximate surface area is 126 Å². The highest BCUT2D eigenvalue weighted by Crippen LogP contribution is 2.33. The molecule has 1 amide bonds. The molecule has 1 aliphatic carbocycles. The van der Waals surface area contributed by atoms with E-state index < -0.39 is 0 Å². The van der Waals surface area contributed by atoms with Crippen molar-refractivity contribution in [1.82, 2.24) is 0 Å². The molecule has 0 spiro atoms. The van der Waals surface area contributed by atoms with E-state index in [1.807, 2.05) is 24.3 Å². The molecule has 106 valence electrons. The summed E-state index contributed by atoms with van der Waals surface area (Å²) >= 11 is 1.67. The predicted octanol–water partition coefficient (Wildman–Crippen LogP) is 2.40. The third-order valence-corrected chi connectivity index (χ3v) is 4.20. The molecule has 0 aliphatic heterocycles. The molecule has 0 saturated heterocycles. The number of fused-ring (bicyclic) bond motifs is 1. The van der Waals surface area contributed by atoms with Crippen molar-refractivity contribution in [2.75, 3.05) is 0 Å². The zero-order valence-corrected chi connectivity index (χ0v) is 12.1. The number of carbonyl (C=O) groups excluding carboxylic acids is 1. The van der Waals surface area contributed by atoms with Crippen molar-refractivity contribution in [3.63, 3.8) is 0 Å². The second-order valence-corrected chi connectivity index (χ2v) is 5.72. The molecule has 0 saturated carbocycles. The van der Waals surface area contributed by atoms with Crippen LogP contribution in [0.5, 0.6) is 0 Å². The maximum atomic E-state index is 11.9. The fraction of sp³-hybridized carbons (Fsp3) is 0.125. The van der Waals surface area contributed by atoms with Crippen LogP contribution in [0.1, 0.15) is 11.1 Å². The number of thiophene rings is 1. The summed E-state index contributed by atoms with van der Waals surface area (Å²) in [7, 11) is 0. The fourth-order valence-electron chi connectivity index (χ4n) is 2.55. The Hall–Kier alpha value is -2.40. The molecule has 1 aromatic carbocycles. The molecule has 1 heterocycles. The summed E-state index contributed by atoms with van der Waals surface area (Å²) in [5, 5.41) is 4.19. The first-order valence-corrected chi connectivity index (χ1v) is 7.55. The fourth-order valence-corrected chi connectivity index (χ4v) is 3.21. The SMILES string of the molecule is NC(N)=NC(=O)C1C=Cc2c(cccc2-c2ccsc2)C1. The minimum Gasteiger partial charge on any atom is -0.370 e. The lowest BCUT2D eigenvalue weighted by atomic mass is 9.85. The number of guanidine groups is 1. The first-order valence-electron chi connectivity index (χ1n) is 6.61. The Morgan fingerprint density at radius 2 is 2.14 bits per heavy atom. The van der Waals surface area contributed by atoms with Crippen LogP contribution in [0.15, 0.2) is 46.1 Å². The molecule has 1 aliphatic rings. The van der Waals surface area contributed by atoms with Gasteiger partial charge < -0.3 is 11.5 Å². The molecular weight excluding hydrogens is 282 g/mol. The number of nitrogens with two attached hydrogens (primary N) is 2. The number of aliphatic imine (C=N–C) groups is 1. The van der Waals surface area contributed by atoms with Crippen molar-refractivity contribution in [3.05, 3.63) is 52.2 Å². The third kappa shape index (κ3) is 2.73. The summed E-state index contributed by atoms with van der Waals surface area (Å²) in [6, 6.07) is 8.27. The number of benzene rings is 1. The van der Waals surface area contributed by atoms with Gasteiger partial charge >= 0.3 is 0 Å². The van der Waals surface area contributed by atoms with Crippen LogP contribution >= 0.6 is 11.3 Å². The lowest BCUT2D eigenvalue weighted by Crippen LogP contribution is -2.27. The summed E-state index contributed by atoms with van der Waals surface area (Å²) in [6.45, 7) is 0. The predicted molar refractivity (Wildman–Crippen MR) is 86.8 cm³/mol. The van der Waals surface area contributed by atoms with Crippen LogP contribution in [0, 0.1) is 5.92 Å². The average Bonchev–Trinajstić information content (AvgIpc) is 2.99. The molecule has 4 nitrogen and oxygen atoms in total. The zero-order chi connectivity index (χ0) is 14.8. The maximum Gasteiger partial charge on any atom is 0.256 e. The van der Waals surface area contributed by atoms with Gasteiger partial charge in [-0.1, -0.05) is 30.4 Å². The quantitative estimate of drug-likeness (QED) is 0.659. The van der Waals surface area contributed by atoms with E-state index in [2.05, 4.69) is 27.9 Å². The van der Waals surface area contributed by atoms with E-state index in [1.165, 1.54) is 16.7 Å². The largest absolute Gasteiger partial charge is 0.370 e. The summed E-state index contributed by atoms with van der Waals surface area (Å²) < 4.78 is 0. The van der Waals surface area contributed by atoms with Gasteiger partial charge in [0.2, 0.25) is 0 Å². The van der Waals surface area contributed by atoms with Crippen molar-refractivity contribution in [3.8, 4) is 11.1 Å². The van der Waals surface area contributed by atoms with Gasteiger partial charge in [0, 0.05) is 0 Å². The normalized spacial score (nSPS) is 16.3. The number of amides is 1. The molecule has 5 heteroatoms. The minimum absolute atomic E-state index is 0.189. The molecule has 0 bridgehead atoms. The van der Waals surface area contributed by atoms with Gasteiger partial charge in [0.1, 0.15) is 0 Å². The van der Waals surface area contributed by atoms with Gasteiger partial charge in [0.15, 0.2) is 5.96 Å². The molecule has 1 atom stereocenters. The van der Waals surface area contributed by atoms with Gasteiger partial charge in [0.25, 0.3) is 5.91 Å². The minimum atomic E-state index is -0.294. The average molecular weight is 297 g/mol. The van der Waals surface area contributed by atoms with Gasteiger partial charge in [-0.2, -0.15) is 16.3 Å².